The Morgan fingerprint density at radius 1 is 0.769 bits per heavy atom. The van der Waals surface area contributed by atoms with Gasteiger partial charge in [0.2, 0.25) is 0 Å². The van der Waals surface area contributed by atoms with Crippen LogP contribution >= 0.6 is 11.8 Å². The minimum atomic E-state index is 0.888. The van der Waals surface area contributed by atoms with Gasteiger partial charge < -0.3 is 0 Å². The van der Waals surface area contributed by atoms with Crippen LogP contribution in [0.3, 0.4) is 0 Å². The van der Waals surface area contributed by atoms with Gasteiger partial charge >= 0.3 is 0 Å². The highest BCUT2D eigenvalue weighted by Gasteiger charge is 2.05. The van der Waals surface area contributed by atoms with Crippen molar-refractivity contribution in [3.8, 4) is 11.3 Å². The maximum Gasteiger partial charge on any atom is 0.119 e. The average Bonchev–Trinajstić information content (AvgIpc) is 2.69. The van der Waals surface area contributed by atoms with Crippen molar-refractivity contribution in [1.82, 2.24) is 10.2 Å². The van der Waals surface area contributed by atoms with Crippen molar-refractivity contribution in [1.29, 1.82) is 0 Å². The Labute approximate surface area is 158 Å². The van der Waals surface area contributed by atoms with Crippen LogP contribution in [0.25, 0.3) is 22.0 Å². The van der Waals surface area contributed by atoms with E-state index in [1.165, 1.54) is 27.5 Å². The number of nitrogens with zero attached hydrogens (tertiary/aromatic N) is 2. The highest BCUT2D eigenvalue weighted by molar-refractivity contribution is 7.98. The molecular weight excluding hydrogens is 336 g/mol. The molecule has 0 aliphatic heterocycles. The molecule has 0 bridgehead atoms. The van der Waals surface area contributed by atoms with Gasteiger partial charge in [0.15, 0.2) is 0 Å². The van der Waals surface area contributed by atoms with E-state index < -0.39 is 0 Å². The van der Waals surface area contributed by atoms with Gasteiger partial charge in [-0.1, -0.05) is 66.4 Å². The van der Waals surface area contributed by atoms with Gasteiger partial charge in [-0.05, 0) is 59.5 Å². The number of fused-ring (bicyclic) bond motifs is 1. The lowest BCUT2D eigenvalue weighted by atomic mass is 10.0. The molecule has 128 valence electrons. The average molecular weight is 356 g/mol. The molecule has 0 saturated heterocycles. The second kappa shape index (κ2) is 7.30. The van der Waals surface area contributed by atoms with Gasteiger partial charge in [0.1, 0.15) is 5.03 Å². The molecule has 2 nitrogen and oxygen atoms in total. The quantitative estimate of drug-likeness (QED) is 0.407. The molecule has 0 unspecified atom stereocenters. The van der Waals surface area contributed by atoms with Gasteiger partial charge in [-0.25, -0.2) is 0 Å². The van der Waals surface area contributed by atoms with E-state index in [0.29, 0.717) is 0 Å². The second-order valence-corrected chi connectivity index (χ2v) is 7.48. The van der Waals surface area contributed by atoms with Crippen molar-refractivity contribution in [2.45, 2.75) is 24.6 Å². The van der Waals surface area contributed by atoms with Gasteiger partial charge in [0.05, 0.1) is 5.69 Å². The first-order valence-electron chi connectivity index (χ1n) is 8.71. The third-order valence-electron chi connectivity index (χ3n) is 4.70. The van der Waals surface area contributed by atoms with Crippen LogP contribution in [0.5, 0.6) is 0 Å². The normalized spacial score (nSPS) is 11.0. The zero-order chi connectivity index (χ0) is 17.9. The van der Waals surface area contributed by atoms with Gasteiger partial charge in [-0.3, -0.25) is 0 Å². The van der Waals surface area contributed by atoms with Crippen LogP contribution in [0.1, 0.15) is 16.7 Å². The lowest BCUT2D eigenvalue weighted by Gasteiger charge is -2.07. The topological polar surface area (TPSA) is 25.8 Å². The summed E-state index contributed by atoms with van der Waals surface area (Å²) in [6.07, 6.45) is 0. The fourth-order valence-corrected chi connectivity index (χ4v) is 3.84. The third-order valence-corrected chi connectivity index (χ3v) is 5.67. The van der Waals surface area contributed by atoms with Gasteiger partial charge in [0, 0.05) is 11.3 Å². The first-order chi connectivity index (χ1) is 12.7. The molecule has 0 atom stereocenters. The Bertz CT molecular complexity index is 1050. The summed E-state index contributed by atoms with van der Waals surface area (Å²) < 4.78 is 0. The predicted molar refractivity (Wildman–Crippen MR) is 110 cm³/mol. The Morgan fingerprint density at radius 2 is 1.62 bits per heavy atom. The van der Waals surface area contributed by atoms with E-state index in [-0.39, 0.29) is 0 Å². The molecule has 0 radical (unpaired) electrons. The summed E-state index contributed by atoms with van der Waals surface area (Å²) in [5.41, 5.74) is 5.93. The van der Waals surface area contributed by atoms with E-state index in [4.69, 9.17) is 0 Å². The second-order valence-electron chi connectivity index (χ2n) is 6.48. The molecule has 0 amide bonds. The highest BCUT2D eigenvalue weighted by atomic mass is 32.2. The summed E-state index contributed by atoms with van der Waals surface area (Å²) in [6, 6.07) is 25.5. The number of hydrogen-bond acceptors (Lipinski definition) is 3. The first kappa shape index (κ1) is 16.8. The summed E-state index contributed by atoms with van der Waals surface area (Å²) in [5, 5.41) is 12.4. The maximum atomic E-state index is 4.42. The minimum Gasteiger partial charge on any atom is -0.149 e. The summed E-state index contributed by atoms with van der Waals surface area (Å²) in [7, 11) is 0. The van der Waals surface area contributed by atoms with Crippen LogP contribution < -0.4 is 0 Å². The molecule has 0 saturated carbocycles. The Hall–Kier alpha value is -2.65. The zero-order valence-corrected chi connectivity index (χ0v) is 15.8. The number of aryl methyl sites for hydroxylation is 2. The predicted octanol–water partition coefficient (Wildman–Crippen LogP) is 6.21. The lowest BCUT2D eigenvalue weighted by molar-refractivity contribution is 0.935. The molecule has 0 fully saturated rings. The van der Waals surface area contributed by atoms with E-state index in [0.717, 1.165) is 22.0 Å². The molecule has 4 rings (SSSR count). The minimum absolute atomic E-state index is 0.888. The maximum absolute atomic E-state index is 4.42. The van der Waals surface area contributed by atoms with Crippen molar-refractivity contribution < 1.29 is 0 Å². The molecule has 0 spiro atoms. The zero-order valence-electron chi connectivity index (χ0n) is 14.9. The molecule has 3 heteroatoms. The SMILES string of the molecule is Cc1ccc(-c2ccc(SCc3cccc4ccccc34)nn2)cc1C. The number of rotatable bonds is 4. The van der Waals surface area contributed by atoms with Crippen LogP contribution in [0.2, 0.25) is 0 Å². The first-order valence-corrected chi connectivity index (χ1v) is 9.70. The molecule has 0 aliphatic carbocycles. The van der Waals surface area contributed by atoms with Crippen LogP contribution in [0, 0.1) is 13.8 Å². The lowest BCUT2D eigenvalue weighted by Crippen LogP contribution is -1.91. The monoisotopic (exact) mass is 356 g/mol. The largest absolute Gasteiger partial charge is 0.149 e. The molecular formula is C23H20N2S. The standard InChI is InChI=1S/C23H20N2S/c1-16-10-11-19(14-17(16)2)22-12-13-23(25-24-22)26-15-20-8-5-7-18-6-3-4-9-21(18)20/h3-14H,15H2,1-2H3. The Balaban J connectivity index is 1.51. The summed E-state index contributed by atoms with van der Waals surface area (Å²) in [5.74, 6) is 0.888. The molecule has 3 aromatic carbocycles. The van der Waals surface area contributed by atoms with E-state index in [1.807, 2.05) is 0 Å². The molecule has 4 aromatic rings. The summed E-state index contributed by atoms with van der Waals surface area (Å²) in [6.45, 7) is 4.25. The van der Waals surface area contributed by atoms with E-state index in [2.05, 4.69) is 96.8 Å². The van der Waals surface area contributed by atoms with Crippen molar-refractivity contribution >= 4 is 22.5 Å². The van der Waals surface area contributed by atoms with E-state index in [9.17, 15) is 0 Å². The smallest absolute Gasteiger partial charge is 0.119 e. The highest BCUT2D eigenvalue weighted by Crippen LogP contribution is 2.27. The molecule has 1 heterocycles. The van der Waals surface area contributed by atoms with Crippen LogP contribution in [0.4, 0.5) is 0 Å². The summed E-state index contributed by atoms with van der Waals surface area (Å²) in [4.78, 5) is 0. The number of thioether (sulfide) groups is 1. The van der Waals surface area contributed by atoms with Gasteiger partial charge in [-0.2, -0.15) is 0 Å². The Kier molecular flexibility index (Phi) is 4.72. The van der Waals surface area contributed by atoms with Crippen LogP contribution in [-0.2, 0) is 5.75 Å². The van der Waals surface area contributed by atoms with Crippen molar-refractivity contribution in [3.63, 3.8) is 0 Å². The molecule has 26 heavy (non-hydrogen) atoms. The molecule has 0 N–H and O–H groups in total. The number of aromatic nitrogens is 2. The van der Waals surface area contributed by atoms with Crippen molar-refractivity contribution in [3.05, 3.63) is 89.5 Å². The molecule has 0 aliphatic rings. The number of hydrogen-bond donors (Lipinski definition) is 0. The van der Waals surface area contributed by atoms with Crippen LogP contribution in [0.15, 0.2) is 77.8 Å². The van der Waals surface area contributed by atoms with E-state index in [1.54, 1.807) is 11.8 Å². The van der Waals surface area contributed by atoms with Crippen molar-refractivity contribution in [2.24, 2.45) is 0 Å². The molecule has 1 aromatic heterocycles. The van der Waals surface area contributed by atoms with Crippen molar-refractivity contribution in [2.75, 3.05) is 0 Å². The fourth-order valence-electron chi connectivity index (χ4n) is 3.02. The summed E-state index contributed by atoms with van der Waals surface area (Å²) >= 11 is 1.72. The Morgan fingerprint density at radius 3 is 2.42 bits per heavy atom. The fraction of sp³-hybridized carbons (Fsp3) is 0.130. The van der Waals surface area contributed by atoms with Crippen LogP contribution in [-0.4, -0.2) is 10.2 Å². The van der Waals surface area contributed by atoms with E-state index >= 15 is 0 Å². The number of benzene rings is 3. The third kappa shape index (κ3) is 3.49. The van der Waals surface area contributed by atoms with Gasteiger partial charge in [-0.15, -0.1) is 10.2 Å². The van der Waals surface area contributed by atoms with Gasteiger partial charge in [0.25, 0.3) is 0 Å².